The van der Waals surface area contributed by atoms with Crippen LogP contribution in [0, 0.1) is 20.8 Å². The molecule has 124 valence electrons. The lowest BCUT2D eigenvalue weighted by molar-refractivity contribution is -0.132. The van der Waals surface area contributed by atoms with Crippen LogP contribution < -0.4 is 0 Å². The Labute approximate surface area is 142 Å². The van der Waals surface area contributed by atoms with Crippen LogP contribution >= 0.6 is 0 Å². The van der Waals surface area contributed by atoms with E-state index in [0.717, 1.165) is 16.7 Å². The van der Waals surface area contributed by atoms with Gasteiger partial charge in [-0.25, -0.2) is 9.79 Å². The Balaban J connectivity index is 2.29. The number of rotatable bonds is 5. The van der Waals surface area contributed by atoms with Gasteiger partial charge >= 0.3 is 5.97 Å². The molecule has 0 unspecified atom stereocenters. The number of carbonyl (C=O) groups excluding carboxylic acids is 2. The number of ketones is 1. The first-order valence-corrected chi connectivity index (χ1v) is 7.73. The van der Waals surface area contributed by atoms with Crippen molar-refractivity contribution in [2.24, 2.45) is 4.99 Å². The van der Waals surface area contributed by atoms with E-state index in [-0.39, 0.29) is 17.9 Å². The van der Waals surface area contributed by atoms with Crippen LogP contribution in [-0.2, 0) is 9.53 Å². The zero-order valence-electron chi connectivity index (χ0n) is 14.4. The molecule has 0 saturated heterocycles. The number of aryl methyl sites for hydroxylation is 3. The predicted molar refractivity (Wildman–Crippen MR) is 95.2 cm³/mol. The molecule has 4 nitrogen and oxygen atoms in total. The molecule has 0 aliphatic heterocycles. The summed E-state index contributed by atoms with van der Waals surface area (Å²) in [6.45, 7) is 5.93. The fraction of sp³-hybridized carbons (Fsp3) is 0.250. The number of methoxy groups -OCH3 is 1. The van der Waals surface area contributed by atoms with Crippen LogP contribution in [0.25, 0.3) is 0 Å². The van der Waals surface area contributed by atoms with E-state index in [0.29, 0.717) is 11.3 Å². The average molecular weight is 323 g/mol. The zero-order valence-corrected chi connectivity index (χ0v) is 14.4. The number of benzene rings is 2. The molecule has 0 N–H and O–H groups in total. The summed E-state index contributed by atoms with van der Waals surface area (Å²) in [6.07, 6.45) is -0.0946. The second-order valence-corrected chi connectivity index (χ2v) is 5.78. The number of ether oxygens (including phenoxy) is 1. The summed E-state index contributed by atoms with van der Waals surface area (Å²) in [5, 5.41) is 0. The Kier molecular flexibility index (Phi) is 5.64. The van der Waals surface area contributed by atoms with Gasteiger partial charge in [0, 0.05) is 5.56 Å². The van der Waals surface area contributed by atoms with Crippen LogP contribution in [0.1, 0.15) is 33.5 Å². The van der Waals surface area contributed by atoms with Gasteiger partial charge in [-0.05, 0) is 44.0 Å². The van der Waals surface area contributed by atoms with E-state index < -0.39 is 5.97 Å². The molecule has 4 heteroatoms. The second-order valence-electron chi connectivity index (χ2n) is 5.78. The summed E-state index contributed by atoms with van der Waals surface area (Å²) in [7, 11) is 1.29. The highest BCUT2D eigenvalue weighted by Crippen LogP contribution is 2.18. The molecular weight excluding hydrogens is 302 g/mol. The molecule has 2 aromatic rings. The number of esters is 1. The SMILES string of the molecule is COC(=O)C(CC(=O)c1ccc(C)cc1)=Nc1ccc(C)c(C)c1. The number of aliphatic imine (C=N–C) groups is 1. The first-order chi connectivity index (χ1) is 11.4. The predicted octanol–water partition coefficient (Wildman–Crippen LogP) is 4.13. The third kappa shape index (κ3) is 4.38. The molecule has 0 fully saturated rings. The van der Waals surface area contributed by atoms with Crippen molar-refractivity contribution >= 4 is 23.2 Å². The van der Waals surface area contributed by atoms with Gasteiger partial charge in [0.15, 0.2) is 5.78 Å². The number of Topliss-reactive ketones (excluding diaryl/α,β-unsaturated/α-hetero) is 1. The topological polar surface area (TPSA) is 55.7 Å². The Hall–Kier alpha value is -2.75. The van der Waals surface area contributed by atoms with E-state index in [1.165, 1.54) is 7.11 Å². The molecule has 0 spiro atoms. The Morgan fingerprint density at radius 2 is 1.62 bits per heavy atom. The Morgan fingerprint density at radius 1 is 0.958 bits per heavy atom. The molecule has 0 bridgehead atoms. The molecule has 2 rings (SSSR count). The van der Waals surface area contributed by atoms with Crippen LogP contribution in [0.2, 0.25) is 0 Å². The van der Waals surface area contributed by atoms with Crippen LogP contribution in [0.3, 0.4) is 0 Å². The first-order valence-electron chi connectivity index (χ1n) is 7.73. The smallest absolute Gasteiger partial charge is 0.352 e. The zero-order chi connectivity index (χ0) is 17.7. The van der Waals surface area contributed by atoms with E-state index in [1.807, 2.05) is 51.1 Å². The Bertz CT molecular complexity index is 789. The summed E-state index contributed by atoms with van der Waals surface area (Å²) in [6, 6.07) is 12.9. The van der Waals surface area contributed by atoms with Crippen LogP contribution in [-0.4, -0.2) is 24.6 Å². The summed E-state index contributed by atoms with van der Waals surface area (Å²) >= 11 is 0. The second kappa shape index (κ2) is 7.68. The van der Waals surface area contributed by atoms with E-state index in [4.69, 9.17) is 4.74 Å². The van der Waals surface area contributed by atoms with Crippen molar-refractivity contribution in [2.45, 2.75) is 27.2 Å². The minimum Gasteiger partial charge on any atom is -0.465 e. The molecule has 0 radical (unpaired) electrons. The fourth-order valence-corrected chi connectivity index (χ4v) is 2.22. The minimum atomic E-state index is -0.589. The van der Waals surface area contributed by atoms with E-state index in [2.05, 4.69) is 4.99 Å². The van der Waals surface area contributed by atoms with Crippen molar-refractivity contribution in [1.29, 1.82) is 0 Å². The van der Waals surface area contributed by atoms with Crippen molar-refractivity contribution in [2.75, 3.05) is 7.11 Å². The fourth-order valence-electron chi connectivity index (χ4n) is 2.22. The number of carbonyl (C=O) groups is 2. The van der Waals surface area contributed by atoms with Gasteiger partial charge in [-0.3, -0.25) is 4.79 Å². The standard InChI is InChI=1S/C20H21NO3/c1-13-5-8-16(9-6-13)19(22)12-18(20(23)24-4)21-17-10-7-14(2)15(3)11-17/h5-11H,12H2,1-4H3. The maximum Gasteiger partial charge on any atom is 0.352 e. The van der Waals surface area contributed by atoms with Gasteiger partial charge in [-0.2, -0.15) is 0 Å². The summed E-state index contributed by atoms with van der Waals surface area (Å²) < 4.78 is 4.77. The number of nitrogens with zero attached hydrogens (tertiary/aromatic N) is 1. The molecule has 0 amide bonds. The molecule has 0 aliphatic carbocycles. The third-order valence-corrected chi connectivity index (χ3v) is 3.88. The van der Waals surface area contributed by atoms with Gasteiger partial charge in [0.1, 0.15) is 5.71 Å². The van der Waals surface area contributed by atoms with Crippen LogP contribution in [0.4, 0.5) is 5.69 Å². The van der Waals surface area contributed by atoms with Crippen LogP contribution in [0.15, 0.2) is 47.5 Å². The summed E-state index contributed by atoms with van der Waals surface area (Å²) in [5.74, 6) is -0.753. The molecule has 0 aliphatic rings. The van der Waals surface area contributed by atoms with Crippen molar-refractivity contribution < 1.29 is 14.3 Å². The maximum absolute atomic E-state index is 12.4. The molecule has 2 aromatic carbocycles. The van der Waals surface area contributed by atoms with Crippen molar-refractivity contribution in [1.82, 2.24) is 0 Å². The van der Waals surface area contributed by atoms with Gasteiger partial charge in [0.05, 0.1) is 19.2 Å². The van der Waals surface area contributed by atoms with Gasteiger partial charge in [-0.1, -0.05) is 35.9 Å². The largest absolute Gasteiger partial charge is 0.465 e. The Morgan fingerprint density at radius 3 is 2.21 bits per heavy atom. The summed E-state index contributed by atoms with van der Waals surface area (Å²) in [4.78, 5) is 28.7. The minimum absolute atomic E-state index is 0.0946. The molecule has 0 heterocycles. The van der Waals surface area contributed by atoms with E-state index in [9.17, 15) is 9.59 Å². The lowest BCUT2D eigenvalue weighted by atomic mass is 10.0. The monoisotopic (exact) mass is 323 g/mol. The highest BCUT2D eigenvalue weighted by Gasteiger charge is 2.18. The lowest BCUT2D eigenvalue weighted by Crippen LogP contribution is -2.19. The maximum atomic E-state index is 12.4. The molecule has 24 heavy (non-hydrogen) atoms. The molecular formula is C20H21NO3. The highest BCUT2D eigenvalue weighted by atomic mass is 16.5. The average Bonchev–Trinajstić information content (AvgIpc) is 2.57. The van der Waals surface area contributed by atoms with Crippen LogP contribution in [0.5, 0.6) is 0 Å². The molecule has 0 saturated carbocycles. The van der Waals surface area contributed by atoms with Gasteiger partial charge in [0.25, 0.3) is 0 Å². The van der Waals surface area contributed by atoms with Crippen molar-refractivity contribution in [3.8, 4) is 0 Å². The van der Waals surface area contributed by atoms with E-state index >= 15 is 0 Å². The van der Waals surface area contributed by atoms with Gasteiger partial charge in [0.2, 0.25) is 0 Å². The quantitative estimate of drug-likeness (QED) is 0.472. The van der Waals surface area contributed by atoms with E-state index in [1.54, 1.807) is 12.1 Å². The van der Waals surface area contributed by atoms with Gasteiger partial charge in [-0.15, -0.1) is 0 Å². The molecule has 0 atom stereocenters. The van der Waals surface area contributed by atoms with Gasteiger partial charge < -0.3 is 4.74 Å². The van der Waals surface area contributed by atoms with Crippen molar-refractivity contribution in [3.05, 3.63) is 64.7 Å². The third-order valence-electron chi connectivity index (χ3n) is 3.88. The number of hydrogen-bond donors (Lipinski definition) is 0. The number of hydrogen-bond acceptors (Lipinski definition) is 4. The highest BCUT2D eigenvalue weighted by molar-refractivity contribution is 6.41. The normalized spacial score (nSPS) is 11.2. The molecule has 0 aromatic heterocycles. The first kappa shape index (κ1) is 17.6. The summed E-state index contributed by atoms with van der Waals surface area (Å²) in [5.41, 5.74) is 4.58. The van der Waals surface area contributed by atoms with Crippen molar-refractivity contribution in [3.63, 3.8) is 0 Å². The lowest BCUT2D eigenvalue weighted by Gasteiger charge is -2.06.